The fraction of sp³-hybridized carbons (Fsp3) is 0.393. The number of likely N-dealkylation sites (tertiary alicyclic amines) is 1. The summed E-state index contributed by atoms with van der Waals surface area (Å²) >= 11 is 0. The molecule has 1 aromatic heterocycles. The number of amides is 1. The second-order valence-corrected chi connectivity index (χ2v) is 9.38. The lowest BCUT2D eigenvalue weighted by molar-refractivity contribution is -0.138. The van der Waals surface area contributed by atoms with Crippen molar-refractivity contribution in [3.8, 4) is 12.3 Å². The quantitative estimate of drug-likeness (QED) is 0.276. The minimum atomic E-state index is -4.67. The number of rotatable bonds is 9. The van der Waals surface area contributed by atoms with E-state index in [9.17, 15) is 22.4 Å². The first kappa shape index (κ1) is 28.9. The van der Waals surface area contributed by atoms with Gasteiger partial charge in [0.1, 0.15) is 5.83 Å². The van der Waals surface area contributed by atoms with Gasteiger partial charge in [-0.15, -0.1) is 6.42 Å². The fourth-order valence-electron chi connectivity index (χ4n) is 4.39. The van der Waals surface area contributed by atoms with Crippen molar-refractivity contribution in [1.82, 2.24) is 14.9 Å². The molecule has 0 saturated carbocycles. The molecule has 10 heteroatoms. The molecule has 6 nitrogen and oxygen atoms in total. The van der Waals surface area contributed by atoms with Crippen LogP contribution in [0.2, 0.25) is 0 Å². The molecule has 0 aliphatic carbocycles. The monoisotopic (exact) mass is 529 g/mol. The molecular formula is C28H31F4N5O. The molecule has 3 N–H and O–H groups in total. The number of nitrogens with zero attached hydrogens (tertiary/aromatic N) is 3. The average Bonchev–Trinajstić information content (AvgIpc) is 2.86. The van der Waals surface area contributed by atoms with Gasteiger partial charge in [0.25, 0.3) is 0 Å². The Hall–Kier alpha value is -3.71. The highest BCUT2D eigenvalue weighted by Crippen LogP contribution is 2.32. The van der Waals surface area contributed by atoms with Crippen LogP contribution in [0.1, 0.15) is 42.1 Å². The van der Waals surface area contributed by atoms with E-state index in [0.717, 1.165) is 25.9 Å². The van der Waals surface area contributed by atoms with Gasteiger partial charge in [0.2, 0.25) is 11.9 Å². The number of nitrogens with two attached hydrogens (primary N) is 1. The van der Waals surface area contributed by atoms with Crippen molar-refractivity contribution in [2.75, 3.05) is 25.5 Å². The van der Waals surface area contributed by atoms with E-state index in [1.165, 1.54) is 13.0 Å². The van der Waals surface area contributed by atoms with Gasteiger partial charge in [-0.05, 0) is 75.9 Å². The van der Waals surface area contributed by atoms with Crippen molar-refractivity contribution in [1.29, 1.82) is 0 Å². The van der Waals surface area contributed by atoms with Crippen molar-refractivity contribution < 1.29 is 22.4 Å². The molecule has 1 fully saturated rings. The number of aryl methyl sites for hydroxylation is 2. The van der Waals surface area contributed by atoms with Crippen LogP contribution < -0.4 is 11.1 Å². The van der Waals surface area contributed by atoms with Crippen LogP contribution in [0.15, 0.2) is 53.6 Å². The third-order valence-corrected chi connectivity index (χ3v) is 6.55. The maximum atomic E-state index is 15.0. The second kappa shape index (κ2) is 12.7. The van der Waals surface area contributed by atoms with Gasteiger partial charge in [-0.2, -0.15) is 13.2 Å². The number of allylic oxidation sites excluding steroid dienone is 4. The Morgan fingerprint density at radius 2 is 1.89 bits per heavy atom. The van der Waals surface area contributed by atoms with Crippen LogP contribution in [-0.2, 0) is 30.2 Å². The van der Waals surface area contributed by atoms with Crippen LogP contribution in [0, 0.1) is 18.3 Å². The third-order valence-electron chi connectivity index (χ3n) is 6.55. The van der Waals surface area contributed by atoms with Crippen LogP contribution in [0.4, 0.5) is 23.5 Å². The summed E-state index contributed by atoms with van der Waals surface area (Å²) in [6, 6.07) is 6.90. The Morgan fingerprint density at radius 1 is 1.24 bits per heavy atom. The minimum absolute atomic E-state index is 0.0210. The number of nitrogens with one attached hydrogen (secondary N) is 1. The van der Waals surface area contributed by atoms with Crippen LogP contribution in [0.5, 0.6) is 0 Å². The third kappa shape index (κ3) is 7.89. The molecule has 1 aliphatic rings. The number of halogens is 4. The minimum Gasteiger partial charge on any atom is -0.369 e. The summed E-state index contributed by atoms with van der Waals surface area (Å²) in [6.07, 6.45) is 4.67. The predicted octanol–water partition coefficient (Wildman–Crippen LogP) is 4.82. The number of hydrogen-bond donors (Lipinski definition) is 2. The van der Waals surface area contributed by atoms with Crippen LogP contribution in [-0.4, -0.2) is 40.9 Å². The van der Waals surface area contributed by atoms with E-state index in [4.69, 9.17) is 12.2 Å². The summed E-state index contributed by atoms with van der Waals surface area (Å²) in [5, 5.41) is 2.67. The second-order valence-electron chi connectivity index (χ2n) is 9.38. The van der Waals surface area contributed by atoms with E-state index in [1.54, 1.807) is 24.3 Å². The number of carbonyl (C=O) groups is 1. The number of aromatic nitrogens is 2. The van der Waals surface area contributed by atoms with Crippen LogP contribution >= 0.6 is 0 Å². The molecule has 38 heavy (non-hydrogen) atoms. The van der Waals surface area contributed by atoms with Crippen molar-refractivity contribution in [3.05, 3.63) is 76.0 Å². The molecule has 1 aliphatic heterocycles. The lowest BCUT2D eigenvalue weighted by atomic mass is 9.89. The number of alkyl halides is 3. The average molecular weight is 530 g/mol. The number of benzene rings is 1. The Labute approximate surface area is 220 Å². The number of piperidine rings is 1. The predicted molar refractivity (Wildman–Crippen MR) is 138 cm³/mol. The molecule has 2 aromatic rings. The lowest BCUT2D eigenvalue weighted by Crippen LogP contribution is -2.30. The van der Waals surface area contributed by atoms with E-state index in [-0.39, 0.29) is 42.5 Å². The standard InChI is InChI=1S/C28H31F4N5O/c1-4-19(21-11-13-37(3)14-12-21)15-24(29)18(2)35-27-34-17-23(28(30,31)32)25(36-27)10-9-20-7-5-6-8-22(20)16-26(33)38/h1,5-8,15,17,21H,9-14,16H2,2-3H3,(H2,33,38)(H,34,35,36)/b19-15+,24-18-. The number of anilines is 1. The molecule has 3 rings (SSSR count). The molecule has 202 valence electrons. The SMILES string of the molecule is C#C/C(=C\C(F)=C(/C)Nc1ncc(C(F)(F)F)c(CCc2ccccc2CC(N)=O)n1)C1CCN(C)CC1. The van der Waals surface area contributed by atoms with Gasteiger partial charge in [0.15, 0.2) is 0 Å². The first-order valence-electron chi connectivity index (χ1n) is 12.3. The van der Waals surface area contributed by atoms with Gasteiger partial charge in [-0.3, -0.25) is 4.79 Å². The zero-order valence-electron chi connectivity index (χ0n) is 21.4. The number of primary amides is 1. The first-order valence-corrected chi connectivity index (χ1v) is 12.3. The molecule has 0 radical (unpaired) electrons. The number of terminal acetylenes is 1. The normalized spacial score (nSPS) is 16.1. The highest BCUT2D eigenvalue weighted by atomic mass is 19.4. The fourth-order valence-corrected chi connectivity index (χ4v) is 4.39. The van der Waals surface area contributed by atoms with E-state index in [0.29, 0.717) is 22.9 Å². The zero-order valence-corrected chi connectivity index (χ0v) is 21.4. The summed E-state index contributed by atoms with van der Waals surface area (Å²) in [5.74, 6) is 1.30. The molecular weight excluding hydrogens is 498 g/mol. The van der Waals surface area contributed by atoms with E-state index >= 15 is 0 Å². The summed E-state index contributed by atoms with van der Waals surface area (Å²) in [5.41, 5.74) is 5.97. The number of carbonyl (C=O) groups excluding carboxylic acids is 1. The van der Waals surface area contributed by atoms with E-state index in [1.807, 2.05) is 7.05 Å². The summed E-state index contributed by atoms with van der Waals surface area (Å²) in [4.78, 5) is 21.4. The van der Waals surface area contributed by atoms with E-state index < -0.39 is 23.5 Å². The topological polar surface area (TPSA) is 84.1 Å². The molecule has 0 spiro atoms. The smallest absolute Gasteiger partial charge is 0.369 e. The maximum absolute atomic E-state index is 15.0. The number of hydrogen-bond acceptors (Lipinski definition) is 5. The van der Waals surface area contributed by atoms with Crippen molar-refractivity contribution in [2.45, 2.75) is 45.2 Å². The van der Waals surface area contributed by atoms with Crippen molar-refractivity contribution >= 4 is 11.9 Å². The molecule has 0 bridgehead atoms. The highest BCUT2D eigenvalue weighted by molar-refractivity contribution is 5.77. The molecule has 0 unspecified atom stereocenters. The van der Waals surface area contributed by atoms with Gasteiger partial charge in [-0.1, -0.05) is 30.2 Å². The molecule has 1 aromatic carbocycles. The molecule has 1 saturated heterocycles. The van der Waals surface area contributed by atoms with Gasteiger partial charge in [0, 0.05) is 11.8 Å². The van der Waals surface area contributed by atoms with E-state index in [2.05, 4.69) is 26.1 Å². The molecule has 2 heterocycles. The Morgan fingerprint density at radius 3 is 2.50 bits per heavy atom. The first-order chi connectivity index (χ1) is 18.0. The molecule has 0 atom stereocenters. The highest BCUT2D eigenvalue weighted by Gasteiger charge is 2.35. The maximum Gasteiger partial charge on any atom is 0.419 e. The van der Waals surface area contributed by atoms with Crippen LogP contribution in [0.3, 0.4) is 0 Å². The summed E-state index contributed by atoms with van der Waals surface area (Å²) in [6.45, 7) is 3.16. The van der Waals surface area contributed by atoms with Gasteiger partial charge in [0.05, 0.1) is 23.4 Å². The van der Waals surface area contributed by atoms with Gasteiger partial charge >= 0.3 is 6.18 Å². The Balaban J connectivity index is 1.83. The van der Waals surface area contributed by atoms with Gasteiger partial charge in [-0.25, -0.2) is 14.4 Å². The lowest BCUT2D eigenvalue weighted by Gasteiger charge is -2.29. The molecule has 1 amide bonds. The van der Waals surface area contributed by atoms with Crippen LogP contribution in [0.25, 0.3) is 0 Å². The van der Waals surface area contributed by atoms with Crippen molar-refractivity contribution in [2.24, 2.45) is 11.7 Å². The largest absolute Gasteiger partial charge is 0.419 e. The Bertz CT molecular complexity index is 1250. The summed E-state index contributed by atoms with van der Waals surface area (Å²) < 4.78 is 56.0. The van der Waals surface area contributed by atoms with Gasteiger partial charge < -0.3 is 16.0 Å². The van der Waals surface area contributed by atoms with Crippen molar-refractivity contribution in [3.63, 3.8) is 0 Å². The summed E-state index contributed by atoms with van der Waals surface area (Å²) in [7, 11) is 2.02. The Kier molecular flexibility index (Phi) is 9.64. The zero-order chi connectivity index (χ0) is 27.9.